The summed E-state index contributed by atoms with van der Waals surface area (Å²) in [6.07, 6.45) is 0. The molecule has 0 aromatic heterocycles. The molecule has 3 rings (SSSR count). The van der Waals surface area contributed by atoms with E-state index < -0.39 is 10.0 Å². The molecule has 140 valence electrons. The van der Waals surface area contributed by atoms with Crippen LogP contribution >= 0.6 is 0 Å². The molecule has 1 aliphatic heterocycles. The number of nitrogens with zero attached hydrogens (tertiary/aromatic N) is 3. The van der Waals surface area contributed by atoms with Crippen LogP contribution in [0.4, 0.5) is 0 Å². The summed E-state index contributed by atoms with van der Waals surface area (Å²) in [5.74, 6) is -0.0882. The largest absolute Gasteiger partial charge is 0.333 e. The van der Waals surface area contributed by atoms with Gasteiger partial charge < -0.3 is 4.90 Å². The lowest BCUT2D eigenvalue weighted by Gasteiger charge is -2.39. The molecule has 0 unspecified atom stereocenters. The third kappa shape index (κ3) is 3.72. The van der Waals surface area contributed by atoms with E-state index in [0.717, 1.165) is 0 Å². The topological polar surface area (TPSA) is 81.5 Å². The fourth-order valence-corrected chi connectivity index (χ4v) is 5.06. The first-order chi connectivity index (χ1) is 12.8. The summed E-state index contributed by atoms with van der Waals surface area (Å²) in [4.78, 5) is 14.6. The number of benzene rings is 2. The van der Waals surface area contributed by atoms with E-state index in [1.807, 2.05) is 31.2 Å². The third-order valence-corrected chi connectivity index (χ3v) is 6.82. The van der Waals surface area contributed by atoms with Crippen molar-refractivity contribution in [2.24, 2.45) is 0 Å². The average molecular weight is 383 g/mol. The summed E-state index contributed by atoms with van der Waals surface area (Å²) in [5, 5.41) is 8.97. The Bertz CT molecular complexity index is 997. The summed E-state index contributed by atoms with van der Waals surface area (Å²) in [6, 6.07) is 15.3. The maximum Gasteiger partial charge on any atom is 0.254 e. The van der Waals surface area contributed by atoms with Crippen molar-refractivity contribution in [1.82, 2.24) is 9.21 Å². The Morgan fingerprint density at radius 3 is 2.44 bits per heavy atom. The number of hydrogen-bond acceptors (Lipinski definition) is 4. The van der Waals surface area contributed by atoms with E-state index in [4.69, 9.17) is 5.26 Å². The number of carbonyl (C=O) groups excluding carboxylic acids is 1. The Kier molecular flexibility index (Phi) is 5.31. The molecule has 1 atom stereocenters. The van der Waals surface area contributed by atoms with E-state index in [9.17, 15) is 13.2 Å². The van der Waals surface area contributed by atoms with Crippen LogP contribution in [-0.4, -0.2) is 49.2 Å². The third-order valence-electron chi connectivity index (χ3n) is 4.79. The van der Waals surface area contributed by atoms with Crippen molar-refractivity contribution in [2.75, 3.05) is 19.6 Å². The first-order valence-corrected chi connectivity index (χ1v) is 10.2. The highest BCUT2D eigenvalue weighted by molar-refractivity contribution is 7.89. The van der Waals surface area contributed by atoms with Gasteiger partial charge >= 0.3 is 0 Å². The van der Waals surface area contributed by atoms with E-state index in [0.29, 0.717) is 23.2 Å². The molecule has 2 aromatic carbocycles. The van der Waals surface area contributed by atoms with Gasteiger partial charge in [0, 0.05) is 31.2 Å². The van der Waals surface area contributed by atoms with Crippen LogP contribution in [0.25, 0.3) is 0 Å². The first kappa shape index (κ1) is 19.1. The van der Waals surface area contributed by atoms with Crippen LogP contribution < -0.4 is 0 Å². The van der Waals surface area contributed by atoms with Gasteiger partial charge in [0.1, 0.15) is 0 Å². The smallest absolute Gasteiger partial charge is 0.254 e. The van der Waals surface area contributed by atoms with Crippen molar-refractivity contribution >= 4 is 15.9 Å². The summed E-state index contributed by atoms with van der Waals surface area (Å²) >= 11 is 0. The fraction of sp³-hybridized carbons (Fsp3) is 0.300. The van der Waals surface area contributed by atoms with Gasteiger partial charge in [-0.3, -0.25) is 4.79 Å². The highest BCUT2D eigenvalue weighted by atomic mass is 32.2. The Morgan fingerprint density at radius 2 is 1.85 bits per heavy atom. The van der Waals surface area contributed by atoms with Crippen molar-refractivity contribution in [1.29, 1.82) is 5.26 Å². The first-order valence-electron chi connectivity index (χ1n) is 8.71. The molecular formula is C20H21N3O3S. The van der Waals surface area contributed by atoms with Crippen LogP contribution in [0.1, 0.15) is 28.4 Å². The van der Waals surface area contributed by atoms with E-state index >= 15 is 0 Å². The lowest BCUT2D eigenvalue weighted by Crippen LogP contribution is -2.55. The molecule has 1 saturated heterocycles. The molecule has 2 aromatic rings. The minimum Gasteiger partial charge on any atom is -0.333 e. The van der Waals surface area contributed by atoms with Crippen LogP contribution in [0, 0.1) is 18.3 Å². The number of sulfonamides is 1. The number of nitriles is 1. The molecule has 27 heavy (non-hydrogen) atoms. The number of rotatable bonds is 3. The standard InChI is InChI=1S/C20H21N3O3S/c1-15-12-17(13-21)8-9-19(15)27(25,26)22-10-11-23(16(2)14-22)20(24)18-6-4-3-5-7-18/h3-9,12,16H,10-11,14H2,1-2H3/t16-/m0/s1. The number of hydrogen-bond donors (Lipinski definition) is 0. The van der Waals surface area contributed by atoms with Gasteiger partial charge in [-0.15, -0.1) is 0 Å². The molecule has 1 fully saturated rings. The van der Waals surface area contributed by atoms with E-state index in [1.165, 1.54) is 16.4 Å². The van der Waals surface area contributed by atoms with Gasteiger partial charge in [0.05, 0.1) is 16.5 Å². The summed E-state index contributed by atoms with van der Waals surface area (Å²) in [7, 11) is -3.68. The normalized spacial score (nSPS) is 18.1. The molecule has 0 aliphatic carbocycles. The molecule has 7 heteroatoms. The highest BCUT2D eigenvalue weighted by Crippen LogP contribution is 2.24. The molecule has 1 heterocycles. The summed E-state index contributed by atoms with van der Waals surface area (Å²) in [5.41, 5.74) is 1.58. The molecule has 6 nitrogen and oxygen atoms in total. The fourth-order valence-electron chi connectivity index (χ4n) is 3.34. The van der Waals surface area contributed by atoms with Crippen LogP contribution in [0.5, 0.6) is 0 Å². The van der Waals surface area contributed by atoms with E-state index in [-0.39, 0.29) is 29.9 Å². The summed E-state index contributed by atoms with van der Waals surface area (Å²) in [6.45, 7) is 4.36. The Labute approximate surface area is 159 Å². The van der Waals surface area contributed by atoms with Gasteiger partial charge in [0.2, 0.25) is 10.0 Å². The molecule has 1 amide bonds. The van der Waals surface area contributed by atoms with Crippen molar-refractivity contribution in [3.63, 3.8) is 0 Å². The summed E-state index contributed by atoms with van der Waals surface area (Å²) < 4.78 is 27.5. The lowest BCUT2D eigenvalue weighted by atomic mass is 10.1. The van der Waals surface area contributed by atoms with Crippen LogP contribution in [0.15, 0.2) is 53.4 Å². The van der Waals surface area contributed by atoms with Gasteiger partial charge in [-0.25, -0.2) is 8.42 Å². The highest BCUT2D eigenvalue weighted by Gasteiger charge is 2.35. The molecular weight excluding hydrogens is 362 g/mol. The SMILES string of the molecule is Cc1cc(C#N)ccc1S(=O)(=O)N1CCN(C(=O)c2ccccc2)[C@@H](C)C1. The molecule has 0 bridgehead atoms. The van der Waals surface area contributed by atoms with Gasteiger partial charge in [-0.2, -0.15) is 9.57 Å². The number of aryl methyl sites for hydroxylation is 1. The molecule has 0 spiro atoms. The van der Waals surface area contributed by atoms with Crippen molar-refractivity contribution in [3.05, 3.63) is 65.2 Å². The van der Waals surface area contributed by atoms with Crippen molar-refractivity contribution < 1.29 is 13.2 Å². The maximum absolute atomic E-state index is 13.0. The van der Waals surface area contributed by atoms with E-state index in [2.05, 4.69) is 0 Å². The number of piperazine rings is 1. The number of carbonyl (C=O) groups is 1. The van der Waals surface area contributed by atoms with Crippen molar-refractivity contribution in [3.8, 4) is 6.07 Å². The van der Waals surface area contributed by atoms with Crippen LogP contribution in [0.3, 0.4) is 0 Å². The Hall–Kier alpha value is -2.69. The molecule has 1 aliphatic rings. The zero-order chi connectivity index (χ0) is 19.6. The second kappa shape index (κ2) is 7.51. The second-order valence-corrected chi connectivity index (χ2v) is 8.58. The predicted octanol–water partition coefficient (Wildman–Crippen LogP) is 2.40. The number of amides is 1. The average Bonchev–Trinajstić information content (AvgIpc) is 2.67. The second-order valence-electron chi connectivity index (χ2n) is 6.67. The molecule has 0 radical (unpaired) electrons. The van der Waals surface area contributed by atoms with Gasteiger partial charge in [0.15, 0.2) is 0 Å². The van der Waals surface area contributed by atoms with Gasteiger partial charge in [0.25, 0.3) is 5.91 Å². The van der Waals surface area contributed by atoms with Crippen LogP contribution in [-0.2, 0) is 10.0 Å². The van der Waals surface area contributed by atoms with Gasteiger partial charge in [-0.05, 0) is 49.7 Å². The Morgan fingerprint density at radius 1 is 1.15 bits per heavy atom. The zero-order valence-corrected chi connectivity index (χ0v) is 16.1. The van der Waals surface area contributed by atoms with Gasteiger partial charge in [-0.1, -0.05) is 18.2 Å². The molecule has 0 saturated carbocycles. The lowest BCUT2D eigenvalue weighted by molar-refractivity contribution is 0.0591. The zero-order valence-electron chi connectivity index (χ0n) is 15.3. The quantitative estimate of drug-likeness (QED) is 0.815. The monoisotopic (exact) mass is 383 g/mol. The molecule has 0 N–H and O–H groups in total. The van der Waals surface area contributed by atoms with Crippen LogP contribution in [0.2, 0.25) is 0 Å². The van der Waals surface area contributed by atoms with Crippen molar-refractivity contribution in [2.45, 2.75) is 24.8 Å². The van der Waals surface area contributed by atoms with E-state index in [1.54, 1.807) is 30.0 Å². The predicted molar refractivity (Wildman–Crippen MR) is 102 cm³/mol. The maximum atomic E-state index is 13.0. The Balaban J connectivity index is 1.79. The minimum absolute atomic E-state index is 0.0882. The minimum atomic E-state index is -3.68.